The Balaban J connectivity index is 2.44. The first-order chi connectivity index (χ1) is 10.9. The molecule has 1 aromatic carbocycles. The zero-order valence-corrected chi connectivity index (χ0v) is 13.6. The van der Waals surface area contributed by atoms with E-state index >= 15 is 0 Å². The molecule has 23 heavy (non-hydrogen) atoms. The fraction of sp³-hybridized carbons (Fsp3) is 0.533. The topological polar surface area (TPSA) is 91.1 Å². The number of nitro groups is 1. The number of carbonyl (C=O) groups is 1. The highest BCUT2D eigenvalue weighted by atomic mass is 16.6. The van der Waals surface area contributed by atoms with E-state index < -0.39 is 10.8 Å². The van der Waals surface area contributed by atoms with Crippen LogP contribution in [0.1, 0.15) is 24.2 Å². The quantitative estimate of drug-likeness (QED) is 0.620. The molecule has 1 amide bonds. The molecule has 0 bridgehead atoms. The second-order valence-electron chi connectivity index (χ2n) is 5.45. The summed E-state index contributed by atoms with van der Waals surface area (Å²) in [5.74, 6) is 0.0647. The number of nitro benzene ring substituents is 1. The zero-order chi connectivity index (χ0) is 17.1. The van der Waals surface area contributed by atoms with Gasteiger partial charge in [0.2, 0.25) is 0 Å². The molecule has 8 heteroatoms. The molecule has 1 aliphatic heterocycles. The first-order valence-corrected chi connectivity index (χ1v) is 7.22. The van der Waals surface area contributed by atoms with E-state index in [9.17, 15) is 14.9 Å². The van der Waals surface area contributed by atoms with E-state index in [2.05, 4.69) is 0 Å². The van der Waals surface area contributed by atoms with E-state index in [4.69, 9.17) is 14.2 Å². The van der Waals surface area contributed by atoms with Gasteiger partial charge in [-0.3, -0.25) is 14.9 Å². The Hall–Kier alpha value is -2.35. The van der Waals surface area contributed by atoms with Crippen molar-refractivity contribution in [1.29, 1.82) is 0 Å². The van der Waals surface area contributed by atoms with Crippen LogP contribution in [0.25, 0.3) is 0 Å². The SMILES string of the molecule is COc1cc(C(=O)N2CC(C)OC(C)C2)c([N+](=O)[O-])cc1OC. The summed E-state index contributed by atoms with van der Waals surface area (Å²) < 4.78 is 15.8. The molecule has 1 aromatic rings. The molecule has 0 aromatic heterocycles. The molecule has 1 saturated heterocycles. The second kappa shape index (κ2) is 6.82. The average molecular weight is 324 g/mol. The van der Waals surface area contributed by atoms with Crippen LogP contribution in [0.4, 0.5) is 5.69 Å². The Labute approximate surface area is 134 Å². The molecule has 0 aliphatic carbocycles. The fourth-order valence-electron chi connectivity index (χ4n) is 2.70. The molecular formula is C15H20N2O6. The average Bonchev–Trinajstić information content (AvgIpc) is 2.51. The summed E-state index contributed by atoms with van der Waals surface area (Å²) in [7, 11) is 2.80. The van der Waals surface area contributed by atoms with Gasteiger partial charge in [-0.25, -0.2) is 0 Å². The summed E-state index contributed by atoms with van der Waals surface area (Å²) >= 11 is 0. The van der Waals surface area contributed by atoms with Crippen molar-refractivity contribution in [2.75, 3.05) is 27.3 Å². The molecule has 1 aliphatic rings. The van der Waals surface area contributed by atoms with Gasteiger partial charge in [-0.1, -0.05) is 0 Å². The normalized spacial score (nSPS) is 21.0. The standard InChI is InChI=1S/C15H20N2O6/c1-9-7-16(8-10(2)23-9)15(18)11-5-13(21-3)14(22-4)6-12(11)17(19)20/h5-6,9-10H,7-8H2,1-4H3. The van der Waals surface area contributed by atoms with Gasteiger partial charge in [0.15, 0.2) is 11.5 Å². The first kappa shape index (κ1) is 17.0. The van der Waals surface area contributed by atoms with Gasteiger partial charge in [0, 0.05) is 19.2 Å². The summed E-state index contributed by atoms with van der Waals surface area (Å²) in [6, 6.07) is 2.56. The van der Waals surface area contributed by atoms with Crippen molar-refractivity contribution in [3.05, 3.63) is 27.8 Å². The van der Waals surface area contributed by atoms with Crippen molar-refractivity contribution in [3.8, 4) is 11.5 Å². The molecule has 126 valence electrons. The molecule has 2 atom stereocenters. The smallest absolute Gasteiger partial charge is 0.286 e. The third kappa shape index (κ3) is 3.53. The third-order valence-electron chi connectivity index (χ3n) is 3.64. The summed E-state index contributed by atoms with van der Waals surface area (Å²) in [6.45, 7) is 4.49. The largest absolute Gasteiger partial charge is 0.493 e. The molecule has 8 nitrogen and oxygen atoms in total. The van der Waals surface area contributed by atoms with Crippen LogP contribution < -0.4 is 9.47 Å². The van der Waals surface area contributed by atoms with E-state index in [0.717, 1.165) is 0 Å². The number of hydrogen-bond donors (Lipinski definition) is 0. The van der Waals surface area contributed by atoms with Crippen LogP contribution in [-0.4, -0.2) is 55.2 Å². The maximum absolute atomic E-state index is 12.8. The van der Waals surface area contributed by atoms with E-state index in [0.29, 0.717) is 13.1 Å². The van der Waals surface area contributed by atoms with Crippen LogP contribution in [0, 0.1) is 10.1 Å². The van der Waals surface area contributed by atoms with Crippen molar-refractivity contribution in [2.45, 2.75) is 26.1 Å². The molecule has 0 spiro atoms. The highest BCUT2D eigenvalue weighted by Gasteiger charge is 2.32. The molecule has 2 unspecified atom stereocenters. The van der Waals surface area contributed by atoms with E-state index in [1.807, 2.05) is 13.8 Å². The number of morpholine rings is 1. The fourth-order valence-corrected chi connectivity index (χ4v) is 2.70. The molecular weight excluding hydrogens is 304 g/mol. The number of rotatable bonds is 4. The predicted octanol–water partition coefficient (Wildman–Crippen LogP) is 1.86. The molecule has 0 radical (unpaired) electrons. The number of hydrogen-bond acceptors (Lipinski definition) is 6. The van der Waals surface area contributed by atoms with Crippen molar-refractivity contribution in [1.82, 2.24) is 4.90 Å². The molecule has 1 heterocycles. The van der Waals surface area contributed by atoms with Gasteiger partial charge in [0.1, 0.15) is 5.56 Å². The Kier molecular flexibility index (Phi) is 5.05. The van der Waals surface area contributed by atoms with Gasteiger partial charge in [-0.05, 0) is 13.8 Å². The van der Waals surface area contributed by atoms with Crippen LogP contribution in [0.3, 0.4) is 0 Å². The van der Waals surface area contributed by atoms with Crippen LogP contribution in [0.5, 0.6) is 11.5 Å². The number of carbonyl (C=O) groups excluding carboxylic acids is 1. The minimum atomic E-state index is -0.595. The summed E-state index contributed by atoms with van der Waals surface area (Å²) in [6.07, 6.45) is -0.246. The highest BCUT2D eigenvalue weighted by Crippen LogP contribution is 2.35. The van der Waals surface area contributed by atoms with Gasteiger partial charge in [-0.2, -0.15) is 0 Å². The number of benzene rings is 1. The van der Waals surface area contributed by atoms with E-state index in [1.165, 1.54) is 26.4 Å². The monoisotopic (exact) mass is 324 g/mol. The molecule has 0 N–H and O–H groups in total. The Morgan fingerprint density at radius 3 is 2.22 bits per heavy atom. The second-order valence-corrected chi connectivity index (χ2v) is 5.45. The van der Waals surface area contributed by atoms with Crippen molar-refractivity contribution in [2.24, 2.45) is 0 Å². The maximum atomic E-state index is 12.8. The summed E-state index contributed by atoms with van der Waals surface area (Å²) in [5.41, 5.74) is -0.326. The summed E-state index contributed by atoms with van der Waals surface area (Å²) in [5, 5.41) is 11.3. The zero-order valence-electron chi connectivity index (χ0n) is 13.6. The first-order valence-electron chi connectivity index (χ1n) is 7.22. The lowest BCUT2D eigenvalue weighted by molar-refractivity contribution is -0.385. The lowest BCUT2D eigenvalue weighted by Gasteiger charge is -2.35. The van der Waals surface area contributed by atoms with Gasteiger partial charge in [-0.15, -0.1) is 0 Å². The predicted molar refractivity (Wildman–Crippen MR) is 82.1 cm³/mol. The van der Waals surface area contributed by atoms with Gasteiger partial charge in [0.05, 0.1) is 37.4 Å². The minimum absolute atomic E-state index is 0.0195. The van der Waals surface area contributed by atoms with Crippen LogP contribution in [0.15, 0.2) is 12.1 Å². The van der Waals surface area contributed by atoms with E-state index in [-0.39, 0.29) is 35.0 Å². The number of methoxy groups -OCH3 is 2. The van der Waals surface area contributed by atoms with Gasteiger partial charge < -0.3 is 19.1 Å². The van der Waals surface area contributed by atoms with Crippen molar-refractivity contribution >= 4 is 11.6 Å². The minimum Gasteiger partial charge on any atom is -0.493 e. The number of amides is 1. The molecule has 2 rings (SSSR count). The van der Waals surface area contributed by atoms with Crippen molar-refractivity contribution < 1.29 is 23.9 Å². The third-order valence-corrected chi connectivity index (χ3v) is 3.64. The lowest BCUT2D eigenvalue weighted by Crippen LogP contribution is -2.48. The molecule has 0 saturated carbocycles. The maximum Gasteiger partial charge on any atom is 0.286 e. The molecule has 1 fully saturated rings. The summed E-state index contributed by atoms with van der Waals surface area (Å²) in [4.78, 5) is 25.0. The highest BCUT2D eigenvalue weighted by molar-refractivity contribution is 5.99. The number of ether oxygens (including phenoxy) is 3. The Bertz CT molecular complexity index is 608. The van der Waals surface area contributed by atoms with Gasteiger partial charge >= 0.3 is 0 Å². The number of nitrogens with zero attached hydrogens (tertiary/aromatic N) is 2. The van der Waals surface area contributed by atoms with E-state index in [1.54, 1.807) is 4.90 Å². The van der Waals surface area contributed by atoms with Crippen LogP contribution in [0.2, 0.25) is 0 Å². The Morgan fingerprint density at radius 2 is 1.74 bits per heavy atom. The van der Waals surface area contributed by atoms with Gasteiger partial charge in [0.25, 0.3) is 11.6 Å². The Morgan fingerprint density at radius 1 is 1.22 bits per heavy atom. The van der Waals surface area contributed by atoms with Crippen molar-refractivity contribution in [3.63, 3.8) is 0 Å². The lowest BCUT2D eigenvalue weighted by atomic mass is 10.1. The van der Waals surface area contributed by atoms with Crippen LogP contribution in [-0.2, 0) is 4.74 Å². The van der Waals surface area contributed by atoms with Crippen LogP contribution >= 0.6 is 0 Å².